The van der Waals surface area contributed by atoms with Crippen molar-refractivity contribution in [1.29, 1.82) is 0 Å². The molecule has 0 amide bonds. The number of allylic oxidation sites excluding steroid dienone is 2. The minimum absolute atomic E-state index is 0.736. The lowest BCUT2D eigenvalue weighted by atomic mass is 10.1. The van der Waals surface area contributed by atoms with Crippen molar-refractivity contribution in [2.75, 3.05) is 11.9 Å². The van der Waals surface area contributed by atoms with Gasteiger partial charge in [-0.05, 0) is 69.3 Å². The number of rotatable bonds is 17. The highest BCUT2D eigenvalue weighted by Crippen LogP contribution is 2.19. The zero-order chi connectivity index (χ0) is 21.9. The third-order valence-corrected chi connectivity index (χ3v) is 5.94. The second kappa shape index (κ2) is 18.4. The average Bonchev–Trinajstić information content (AvgIpc) is 2.73. The number of aryl methyl sites for hydroxylation is 2. The van der Waals surface area contributed by atoms with Crippen molar-refractivity contribution in [3.8, 4) is 0 Å². The summed E-state index contributed by atoms with van der Waals surface area (Å²) in [6.45, 7) is 7.47. The maximum atomic E-state index is 5.44. The molecule has 0 aliphatic heterocycles. The van der Waals surface area contributed by atoms with Crippen LogP contribution in [0.5, 0.6) is 0 Å². The van der Waals surface area contributed by atoms with E-state index in [-0.39, 0.29) is 0 Å². The maximum absolute atomic E-state index is 5.44. The standard InChI is InChI=1S/C27H46N2S/c1-4-5-6-7-8-9-10-11-12-13-14-15-16-17-18-19-23-28-27(30)29-26-24(2)21-20-22-25(26)3/h11-12,20-22H,4-10,13-19,23H2,1-3H3,(H2,28,29,30)/b12-11-. The van der Waals surface area contributed by atoms with Crippen LogP contribution in [0.2, 0.25) is 0 Å². The molecule has 0 unspecified atom stereocenters. The zero-order valence-electron chi connectivity index (χ0n) is 19.9. The second-order valence-electron chi connectivity index (χ2n) is 8.59. The molecule has 170 valence electrons. The molecule has 0 aliphatic carbocycles. The molecule has 30 heavy (non-hydrogen) atoms. The molecule has 0 aliphatic rings. The van der Waals surface area contributed by atoms with Crippen molar-refractivity contribution < 1.29 is 0 Å². The van der Waals surface area contributed by atoms with Gasteiger partial charge in [0.25, 0.3) is 0 Å². The Labute approximate surface area is 192 Å². The number of hydrogen-bond donors (Lipinski definition) is 2. The Hall–Kier alpha value is -1.35. The first-order valence-electron chi connectivity index (χ1n) is 12.4. The van der Waals surface area contributed by atoms with Gasteiger partial charge < -0.3 is 10.6 Å². The monoisotopic (exact) mass is 430 g/mol. The van der Waals surface area contributed by atoms with Crippen LogP contribution in [0.3, 0.4) is 0 Å². The van der Waals surface area contributed by atoms with E-state index in [0.717, 1.165) is 17.3 Å². The maximum Gasteiger partial charge on any atom is 0.170 e. The van der Waals surface area contributed by atoms with Gasteiger partial charge in [-0.25, -0.2) is 0 Å². The summed E-state index contributed by atoms with van der Waals surface area (Å²) < 4.78 is 0. The van der Waals surface area contributed by atoms with Crippen LogP contribution in [-0.4, -0.2) is 11.7 Å². The summed E-state index contributed by atoms with van der Waals surface area (Å²) in [5.74, 6) is 0. The minimum atomic E-state index is 0.736. The highest BCUT2D eigenvalue weighted by atomic mass is 32.1. The molecule has 0 saturated heterocycles. The number of unbranched alkanes of at least 4 members (excludes halogenated alkanes) is 12. The van der Waals surface area contributed by atoms with Gasteiger partial charge in [0.2, 0.25) is 0 Å². The molecule has 1 aromatic rings. The number of para-hydroxylation sites is 1. The minimum Gasteiger partial charge on any atom is -0.362 e. The molecule has 0 saturated carbocycles. The Morgan fingerprint density at radius 2 is 1.27 bits per heavy atom. The van der Waals surface area contributed by atoms with E-state index in [1.165, 1.54) is 101 Å². The van der Waals surface area contributed by atoms with Crippen molar-refractivity contribution in [3.05, 3.63) is 41.5 Å². The number of nitrogens with one attached hydrogen (secondary N) is 2. The molecule has 0 fully saturated rings. The summed E-state index contributed by atoms with van der Waals surface area (Å²) in [6.07, 6.45) is 23.6. The van der Waals surface area contributed by atoms with E-state index >= 15 is 0 Å². The highest BCUT2D eigenvalue weighted by Gasteiger charge is 2.03. The van der Waals surface area contributed by atoms with Crippen molar-refractivity contribution >= 4 is 23.0 Å². The molecule has 0 aromatic heterocycles. The zero-order valence-corrected chi connectivity index (χ0v) is 20.7. The first-order chi connectivity index (χ1) is 14.6. The second-order valence-corrected chi connectivity index (χ2v) is 8.99. The molecule has 1 aromatic carbocycles. The predicted molar refractivity (Wildman–Crippen MR) is 140 cm³/mol. The van der Waals surface area contributed by atoms with Gasteiger partial charge in [0.15, 0.2) is 5.11 Å². The summed E-state index contributed by atoms with van der Waals surface area (Å²) in [6, 6.07) is 6.31. The third-order valence-electron chi connectivity index (χ3n) is 5.69. The topological polar surface area (TPSA) is 24.1 Å². The van der Waals surface area contributed by atoms with Gasteiger partial charge in [0.1, 0.15) is 0 Å². The summed E-state index contributed by atoms with van der Waals surface area (Å²) in [5, 5.41) is 7.43. The van der Waals surface area contributed by atoms with Crippen molar-refractivity contribution in [2.45, 2.75) is 111 Å². The smallest absolute Gasteiger partial charge is 0.170 e. The average molecular weight is 431 g/mol. The van der Waals surface area contributed by atoms with Crippen LogP contribution in [0, 0.1) is 13.8 Å². The number of hydrogen-bond acceptors (Lipinski definition) is 1. The number of thiocarbonyl (C=S) groups is 1. The van der Waals surface area contributed by atoms with Crippen molar-refractivity contribution in [2.24, 2.45) is 0 Å². The Morgan fingerprint density at radius 3 is 1.83 bits per heavy atom. The fraction of sp³-hybridized carbons (Fsp3) is 0.667. The molecule has 2 N–H and O–H groups in total. The molecule has 0 bridgehead atoms. The van der Waals surface area contributed by atoms with Gasteiger partial charge in [-0.1, -0.05) is 95.1 Å². The summed E-state index contributed by atoms with van der Waals surface area (Å²) in [7, 11) is 0. The van der Waals surface area contributed by atoms with E-state index in [1.54, 1.807) is 0 Å². The van der Waals surface area contributed by atoms with Crippen molar-refractivity contribution in [3.63, 3.8) is 0 Å². The fourth-order valence-electron chi connectivity index (χ4n) is 3.74. The summed E-state index contributed by atoms with van der Waals surface area (Å²) in [4.78, 5) is 0. The fourth-order valence-corrected chi connectivity index (χ4v) is 3.95. The number of benzene rings is 1. The Bertz CT molecular complexity index is 574. The Kier molecular flexibility index (Phi) is 16.4. The SMILES string of the molecule is CCCCCCCC/C=C\CCCCCCCCNC(=S)Nc1c(C)cccc1C. The van der Waals surface area contributed by atoms with Crippen LogP contribution in [0.25, 0.3) is 0 Å². The largest absolute Gasteiger partial charge is 0.362 e. The molecule has 0 spiro atoms. The van der Waals surface area contributed by atoms with Crippen LogP contribution < -0.4 is 10.6 Å². The molecular weight excluding hydrogens is 384 g/mol. The first kappa shape index (κ1) is 26.7. The normalized spacial score (nSPS) is 11.2. The highest BCUT2D eigenvalue weighted by molar-refractivity contribution is 7.80. The first-order valence-corrected chi connectivity index (χ1v) is 12.8. The lowest BCUT2D eigenvalue weighted by molar-refractivity contribution is 0.592. The van der Waals surface area contributed by atoms with Crippen LogP contribution in [0.15, 0.2) is 30.4 Å². The van der Waals surface area contributed by atoms with E-state index in [0.29, 0.717) is 0 Å². The van der Waals surface area contributed by atoms with Crippen LogP contribution in [0.4, 0.5) is 5.69 Å². The van der Waals surface area contributed by atoms with Crippen molar-refractivity contribution in [1.82, 2.24) is 5.32 Å². The van der Waals surface area contributed by atoms with E-state index in [9.17, 15) is 0 Å². The molecule has 0 radical (unpaired) electrons. The Morgan fingerprint density at radius 1 is 0.767 bits per heavy atom. The number of anilines is 1. The van der Waals surface area contributed by atoms with E-state index in [4.69, 9.17) is 12.2 Å². The van der Waals surface area contributed by atoms with E-state index < -0.39 is 0 Å². The molecule has 0 heterocycles. The van der Waals surface area contributed by atoms with E-state index in [1.807, 2.05) is 0 Å². The summed E-state index contributed by atoms with van der Waals surface area (Å²) in [5.41, 5.74) is 3.60. The van der Waals surface area contributed by atoms with Crippen LogP contribution >= 0.6 is 12.2 Å². The van der Waals surface area contributed by atoms with Gasteiger partial charge in [-0.15, -0.1) is 0 Å². The van der Waals surface area contributed by atoms with Crippen LogP contribution in [-0.2, 0) is 0 Å². The third kappa shape index (κ3) is 13.8. The molecule has 0 atom stereocenters. The quantitative estimate of drug-likeness (QED) is 0.147. The predicted octanol–water partition coefficient (Wildman–Crippen LogP) is 8.63. The van der Waals surface area contributed by atoms with Crippen LogP contribution in [0.1, 0.15) is 108 Å². The van der Waals surface area contributed by atoms with Gasteiger partial charge >= 0.3 is 0 Å². The summed E-state index contributed by atoms with van der Waals surface area (Å²) >= 11 is 5.44. The molecule has 3 heteroatoms. The van der Waals surface area contributed by atoms with Gasteiger partial charge in [-0.3, -0.25) is 0 Å². The van der Waals surface area contributed by atoms with Gasteiger partial charge in [-0.2, -0.15) is 0 Å². The molecule has 1 rings (SSSR count). The molecular formula is C27H46N2S. The lowest BCUT2D eigenvalue weighted by Gasteiger charge is -2.14. The van der Waals surface area contributed by atoms with Gasteiger partial charge in [0, 0.05) is 12.2 Å². The van der Waals surface area contributed by atoms with Gasteiger partial charge in [0.05, 0.1) is 0 Å². The van der Waals surface area contributed by atoms with E-state index in [2.05, 4.69) is 61.8 Å². The Balaban J connectivity index is 1.88. The molecule has 2 nitrogen and oxygen atoms in total. The lowest BCUT2D eigenvalue weighted by Crippen LogP contribution is -2.29.